The Morgan fingerprint density at radius 1 is 1.15 bits per heavy atom. The number of halogens is 4. The largest absolute Gasteiger partial charge is 0.417 e. The van der Waals surface area contributed by atoms with Gasteiger partial charge in [0, 0.05) is 31.7 Å². The first kappa shape index (κ1) is 18.6. The van der Waals surface area contributed by atoms with Crippen LogP contribution < -0.4 is 5.32 Å². The Morgan fingerprint density at radius 2 is 1.88 bits per heavy atom. The fraction of sp³-hybridized carbons (Fsp3) is 0.316. The summed E-state index contributed by atoms with van der Waals surface area (Å²) in [5.41, 5.74) is 1.81. The van der Waals surface area contributed by atoms with Crippen LogP contribution in [0.25, 0.3) is 0 Å². The summed E-state index contributed by atoms with van der Waals surface area (Å²) < 4.78 is 38.6. The molecule has 1 aliphatic heterocycles. The standard InChI is InChI=1S/C19H18ClF3N2O/c20-17-6-5-15(11-16(17)19(21,22)23)24-9-7-18(26)25-10-8-13-3-1-2-4-14(13)12-25/h1-6,11,24H,7-10,12H2. The highest BCUT2D eigenvalue weighted by molar-refractivity contribution is 6.31. The molecule has 1 amide bonds. The highest BCUT2D eigenvalue weighted by atomic mass is 35.5. The summed E-state index contributed by atoms with van der Waals surface area (Å²) in [5.74, 6) is -0.0167. The molecule has 3 nitrogen and oxygen atoms in total. The van der Waals surface area contributed by atoms with Crippen LogP contribution in [0.3, 0.4) is 0 Å². The van der Waals surface area contributed by atoms with E-state index in [0.29, 0.717) is 18.8 Å². The lowest BCUT2D eigenvalue weighted by molar-refractivity contribution is -0.137. The number of hydrogen-bond acceptors (Lipinski definition) is 2. The molecule has 0 radical (unpaired) electrons. The van der Waals surface area contributed by atoms with Crippen LogP contribution in [0.2, 0.25) is 5.02 Å². The lowest BCUT2D eigenvalue weighted by Gasteiger charge is -2.29. The summed E-state index contributed by atoms with van der Waals surface area (Å²) in [6, 6.07) is 11.7. The zero-order valence-corrected chi connectivity index (χ0v) is 14.7. The van der Waals surface area contributed by atoms with Gasteiger partial charge in [0.1, 0.15) is 0 Å². The average Bonchev–Trinajstić information content (AvgIpc) is 2.61. The molecule has 0 aliphatic carbocycles. The summed E-state index contributed by atoms with van der Waals surface area (Å²) >= 11 is 5.60. The van der Waals surface area contributed by atoms with Crippen molar-refractivity contribution in [2.45, 2.75) is 25.6 Å². The fourth-order valence-electron chi connectivity index (χ4n) is 3.03. The molecule has 1 N–H and O–H groups in total. The van der Waals surface area contributed by atoms with Crippen LogP contribution in [0.5, 0.6) is 0 Å². The Kier molecular flexibility index (Phi) is 5.41. The molecule has 0 saturated heterocycles. The van der Waals surface area contributed by atoms with Crippen LogP contribution in [0.1, 0.15) is 23.1 Å². The van der Waals surface area contributed by atoms with Crippen LogP contribution in [-0.4, -0.2) is 23.9 Å². The Labute approximate surface area is 154 Å². The number of carbonyl (C=O) groups is 1. The highest BCUT2D eigenvalue weighted by Gasteiger charge is 2.33. The Hall–Kier alpha value is -2.21. The Balaban J connectivity index is 1.55. The number of hydrogen-bond donors (Lipinski definition) is 1. The van der Waals surface area contributed by atoms with Crippen molar-refractivity contribution in [1.29, 1.82) is 0 Å². The van der Waals surface area contributed by atoms with Gasteiger partial charge in [0.05, 0.1) is 10.6 Å². The predicted molar refractivity (Wildman–Crippen MR) is 95.1 cm³/mol. The molecule has 3 rings (SSSR count). The average molecular weight is 383 g/mol. The van der Waals surface area contributed by atoms with Crippen molar-refractivity contribution in [3.05, 3.63) is 64.2 Å². The quantitative estimate of drug-likeness (QED) is 0.828. The minimum absolute atomic E-state index is 0.0167. The molecule has 138 valence electrons. The van der Waals surface area contributed by atoms with Gasteiger partial charge in [0.2, 0.25) is 5.91 Å². The van der Waals surface area contributed by atoms with E-state index in [-0.39, 0.29) is 23.9 Å². The SMILES string of the molecule is O=C(CCNc1ccc(Cl)c(C(F)(F)F)c1)N1CCc2ccccc2C1. The first-order valence-electron chi connectivity index (χ1n) is 8.30. The second-order valence-electron chi connectivity index (χ2n) is 6.20. The normalized spacial score (nSPS) is 14.1. The maximum atomic E-state index is 12.9. The van der Waals surface area contributed by atoms with Crippen LogP contribution in [0.4, 0.5) is 18.9 Å². The number of anilines is 1. The predicted octanol–water partition coefficient (Wildman–Crippen LogP) is 4.75. The molecule has 0 saturated carbocycles. The van der Waals surface area contributed by atoms with E-state index < -0.39 is 11.7 Å². The van der Waals surface area contributed by atoms with Crippen LogP contribution in [0.15, 0.2) is 42.5 Å². The lowest BCUT2D eigenvalue weighted by atomic mass is 10.00. The summed E-state index contributed by atoms with van der Waals surface area (Å²) in [4.78, 5) is 14.1. The number of alkyl halides is 3. The number of fused-ring (bicyclic) bond motifs is 1. The number of amides is 1. The van der Waals surface area contributed by atoms with Gasteiger partial charge >= 0.3 is 6.18 Å². The van der Waals surface area contributed by atoms with Crippen molar-refractivity contribution in [3.63, 3.8) is 0 Å². The maximum Gasteiger partial charge on any atom is 0.417 e. The molecule has 0 fully saturated rings. The molecular weight excluding hydrogens is 365 g/mol. The maximum absolute atomic E-state index is 12.9. The third-order valence-electron chi connectivity index (χ3n) is 4.42. The zero-order valence-electron chi connectivity index (χ0n) is 13.9. The minimum atomic E-state index is -4.51. The molecule has 0 spiro atoms. The van der Waals surface area contributed by atoms with Gasteiger partial charge in [-0.1, -0.05) is 35.9 Å². The van der Waals surface area contributed by atoms with Crippen LogP contribution in [-0.2, 0) is 23.9 Å². The molecule has 0 atom stereocenters. The number of rotatable bonds is 4. The number of carbonyl (C=O) groups excluding carboxylic acids is 1. The Bertz CT molecular complexity index is 808. The van der Waals surface area contributed by atoms with Gasteiger partial charge < -0.3 is 10.2 Å². The third-order valence-corrected chi connectivity index (χ3v) is 4.75. The van der Waals surface area contributed by atoms with Gasteiger partial charge in [0.25, 0.3) is 0 Å². The van der Waals surface area contributed by atoms with E-state index >= 15 is 0 Å². The first-order valence-corrected chi connectivity index (χ1v) is 8.67. The second kappa shape index (κ2) is 7.58. The summed E-state index contributed by atoms with van der Waals surface area (Å²) in [6.07, 6.45) is -3.47. The van der Waals surface area contributed by atoms with Crippen molar-refractivity contribution < 1.29 is 18.0 Å². The van der Waals surface area contributed by atoms with Gasteiger partial charge in [-0.2, -0.15) is 13.2 Å². The van der Waals surface area contributed by atoms with Crippen molar-refractivity contribution in [2.24, 2.45) is 0 Å². The van der Waals surface area contributed by atoms with Gasteiger partial charge in [-0.05, 0) is 35.7 Å². The molecule has 26 heavy (non-hydrogen) atoms. The number of nitrogens with zero attached hydrogens (tertiary/aromatic N) is 1. The third kappa shape index (κ3) is 4.30. The molecule has 1 aliphatic rings. The van der Waals surface area contributed by atoms with Crippen molar-refractivity contribution in [3.8, 4) is 0 Å². The highest BCUT2D eigenvalue weighted by Crippen LogP contribution is 2.36. The first-order chi connectivity index (χ1) is 12.3. The van der Waals surface area contributed by atoms with Gasteiger partial charge in [-0.3, -0.25) is 4.79 Å². The minimum Gasteiger partial charge on any atom is -0.385 e. The molecular formula is C19H18ClF3N2O. The van der Waals surface area contributed by atoms with Crippen LogP contribution >= 0.6 is 11.6 Å². The molecule has 0 aromatic heterocycles. The monoisotopic (exact) mass is 382 g/mol. The zero-order chi connectivity index (χ0) is 18.7. The van der Waals surface area contributed by atoms with Crippen molar-refractivity contribution in [1.82, 2.24) is 4.90 Å². The summed E-state index contributed by atoms with van der Waals surface area (Å²) in [7, 11) is 0. The molecule has 0 bridgehead atoms. The molecule has 0 unspecified atom stereocenters. The second-order valence-corrected chi connectivity index (χ2v) is 6.61. The fourth-order valence-corrected chi connectivity index (χ4v) is 3.26. The summed E-state index contributed by atoms with van der Waals surface area (Å²) in [6.45, 7) is 1.50. The molecule has 2 aromatic rings. The topological polar surface area (TPSA) is 32.3 Å². The van der Waals surface area contributed by atoms with E-state index in [1.165, 1.54) is 17.7 Å². The van der Waals surface area contributed by atoms with E-state index in [9.17, 15) is 18.0 Å². The van der Waals surface area contributed by atoms with Gasteiger partial charge in [-0.15, -0.1) is 0 Å². The van der Waals surface area contributed by atoms with Crippen molar-refractivity contribution in [2.75, 3.05) is 18.4 Å². The van der Waals surface area contributed by atoms with E-state index in [1.807, 2.05) is 18.2 Å². The van der Waals surface area contributed by atoms with E-state index in [4.69, 9.17) is 11.6 Å². The summed E-state index contributed by atoms with van der Waals surface area (Å²) in [5, 5.41) is 2.53. The molecule has 1 heterocycles. The molecule has 2 aromatic carbocycles. The van der Waals surface area contributed by atoms with E-state index in [0.717, 1.165) is 18.1 Å². The molecule has 7 heteroatoms. The van der Waals surface area contributed by atoms with E-state index in [2.05, 4.69) is 11.4 Å². The van der Waals surface area contributed by atoms with Gasteiger partial charge in [0.15, 0.2) is 0 Å². The number of nitrogens with one attached hydrogen (secondary N) is 1. The van der Waals surface area contributed by atoms with Crippen molar-refractivity contribution >= 4 is 23.2 Å². The van der Waals surface area contributed by atoms with Crippen LogP contribution in [0, 0.1) is 0 Å². The van der Waals surface area contributed by atoms with Gasteiger partial charge in [-0.25, -0.2) is 0 Å². The smallest absolute Gasteiger partial charge is 0.385 e. The number of benzene rings is 2. The van der Waals surface area contributed by atoms with E-state index in [1.54, 1.807) is 4.90 Å². The Morgan fingerprint density at radius 3 is 2.62 bits per heavy atom. The lowest BCUT2D eigenvalue weighted by Crippen LogP contribution is -2.36.